The lowest BCUT2D eigenvalue weighted by atomic mass is 9.89. The zero-order valence-corrected chi connectivity index (χ0v) is 11.5. The first kappa shape index (κ1) is 13.1. The highest BCUT2D eigenvalue weighted by atomic mass is 16.1. The summed E-state index contributed by atoms with van der Waals surface area (Å²) in [6.45, 7) is 7.08. The molecule has 1 aliphatic rings. The number of H-pyrrole nitrogens is 1. The average Bonchev–Trinajstić information content (AvgIpc) is 2.74. The highest BCUT2D eigenvalue weighted by Gasteiger charge is 2.26. The van der Waals surface area contributed by atoms with Gasteiger partial charge in [-0.3, -0.25) is 4.79 Å². The molecule has 100 valence electrons. The van der Waals surface area contributed by atoms with Crippen LogP contribution in [0.3, 0.4) is 0 Å². The van der Waals surface area contributed by atoms with Gasteiger partial charge in [0.2, 0.25) is 5.91 Å². The molecule has 0 spiro atoms. The van der Waals surface area contributed by atoms with Crippen LogP contribution in [0.4, 0.5) is 0 Å². The van der Waals surface area contributed by atoms with Crippen molar-refractivity contribution in [2.24, 2.45) is 11.8 Å². The second-order valence-electron chi connectivity index (χ2n) is 5.45. The lowest BCUT2D eigenvalue weighted by Crippen LogP contribution is -2.36. The van der Waals surface area contributed by atoms with E-state index in [-0.39, 0.29) is 11.8 Å². The third-order valence-electron chi connectivity index (χ3n) is 3.86. The van der Waals surface area contributed by atoms with Gasteiger partial charge in [0.15, 0.2) is 0 Å². The van der Waals surface area contributed by atoms with E-state index < -0.39 is 0 Å². The van der Waals surface area contributed by atoms with Crippen LogP contribution in [-0.4, -0.2) is 22.4 Å². The van der Waals surface area contributed by atoms with Crippen molar-refractivity contribution in [3.63, 3.8) is 0 Å². The van der Waals surface area contributed by atoms with Crippen LogP contribution in [0, 0.1) is 18.8 Å². The van der Waals surface area contributed by atoms with Crippen molar-refractivity contribution in [3.8, 4) is 0 Å². The van der Waals surface area contributed by atoms with Gasteiger partial charge in [0.05, 0.1) is 5.69 Å². The molecule has 4 nitrogen and oxygen atoms in total. The number of aromatic nitrogens is 2. The number of nitrogens with one attached hydrogen (secondary N) is 2. The van der Waals surface area contributed by atoms with E-state index in [9.17, 15) is 4.79 Å². The Morgan fingerprint density at radius 1 is 1.61 bits per heavy atom. The van der Waals surface area contributed by atoms with Gasteiger partial charge in [0.1, 0.15) is 5.82 Å². The summed E-state index contributed by atoms with van der Waals surface area (Å²) in [4.78, 5) is 19.8. The second kappa shape index (κ2) is 5.55. The molecule has 0 saturated carbocycles. The number of nitrogens with zero attached hydrogens (tertiary/aromatic N) is 1. The summed E-state index contributed by atoms with van der Waals surface area (Å²) < 4.78 is 0. The molecule has 2 N–H and O–H groups in total. The van der Waals surface area contributed by atoms with E-state index in [2.05, 4.69) is 29.1 Å². The van der Waals surface area contributed by atoms with Gasteiger partial charge in [-0.15, -0.1) is 0 Å². The number of hydrogen-bond donors (Lipinski definition) is 2. The first-order valence-corrected chi connectivity index (χ1v) is 6.92. The molecule has 0 saturated heterocycles. The molecule has 0 bridgehead atoms. The quantitative estimate of drug-likeness (QED) is 0.857. The molecule has 1 amide bonds. The molecule has 0 fully saturated rings. The maximum absolute atomic E-state index is 12.1. The predicted molar refractivity (Wildman–Crippen MR) is 71.3 cm³/mol. The van der Waals surface area contributed by atoms with Crippen LogP contribution in [0.25, 0.3) is 0 Å². The summed E-state index contributed by atoms with van der Waals surface area (Å²) >= 11 is 0. The third kappa shape index (κ3) is 2.92. The van der Waals surface area contributed by atoms with E-state index in [4.69, 9.17) is 0 Å². The van der Waals surface area contributed by atoms with Crippen molar-refractivity contribution in [3.05, 3.63) is 17.2 Å². The standard InChI is InChI=1S/C14H23N3O/c1-4-9(2)8-15-14(18)11-5-6-12-13(7-11)17-10(3)16-12/h9,11H,4-8H2,1-3H3,(H,15,18)(H,16,17). The molecule has 0 aromatic carbocycles. The molecule has 2 rings (SSSR count). The van der Waals surface area contributed by atoms with Gasteiger partial charge >= 0.3 is 0 Å². The Balaban J connectivity index is 1.90. The first-order valence-electron chi connectivity index (χ1n) is 6.92. The highest BCUT2D eigenvalue weighted by molar-refractivity contribution is 5.79. The van der Waals surface area contributed by atoms with Crippen molar-refractivity contribution in [1.29, 1.82) is 0 Å². The fraction of sp³-hybridized carbons (Fsp3) is 0.714. The Hall–Kier alpha value is -1.32. The number of rotatable bonds is 4. The first-order chi connectivity index (χ1) is 8.60. The molecule has 1 aromatic rings. The lowest BCUT2D eigenvalue weighted by molar-refractivity contribution is -0.125. The predicted octanol–water partition coefficient (Wildman–Crippen LogP) is 1.99. The third-order valence-corrected chi connectivity index (χ3v) is 3.86. The van der Waals surface area contributed by atoms with Crippen molar-refractivity contribution >= 4 is 5.91 Å². The zero-order chi connectivity index (χ0) is 13.1. The lowest BCUT2D eigenvalue weighted by Gasteiger charge is -2.21. The van der Waals surface area contributed by atoms with Crippen molar-refractivity contribution in [2.75, 3.05) is 6.54 Å². The van der Waals surface area contributed by atoms with Crippen molar-refractivity contribution in [1.82, 2.24) is 15.3 Å². The average molecular weight is 249 g/mol. The van der Waals surface area contributed by atoms with Gasteiger partial charge in [-0.2, -0.15) is 0 Å². The van der Waals surface area contributed by atoms with Gasteiger partial charge in [0, 0.05) is 24.6 Å². The zero-order valence-electron chi connectivity index (χ0n) is 11.5. The van der Waals surface area contributed by atoms with Crippen LogP contribution in [-0.2, 0) is 17.6 Å². The Labute approximate surface area is 109 Å². The Morgan fingerprint density at radius 3 is 3.11 bits per heavy atom. The molecule has 1 aromatic heterocycles. The molecule has 18 heavy (non-hydrogen) atoms. The number of imidazole rings is 1. The number of amides is 1. The van der Waals surface area contributed by atoms with E-state index >= 15 is 0 Å². The minimum absolute atomic E-state index is 0.112. The highest BCUT2D eigenvalue weighted by Crippen LogP contribution is 2.23. The van der Waals surface area contributed by atoms with Gasteiger partial charge in [-0.25, -0.2) is 4.98 Å². The summed E-state index contributed by atoms with van der Waals surface area (Å²) in [5, 5.41) is 3.07. The van der Waals surface area contributed by atoms with E-state index in [1.165, 1.54) is 0 Å². The van der Waals surface area contributed by atoms with Gasteiger partial charge < -0.3 is 10.3 Å². The van der Waals surface area contributed by atoms with Gasteiger partial charge in [-0.1, -0.05) is 20.3 Å². The molecule has 4 heteroatoms. The molecule has 0 aliphatic heterocycles. The van der Waals surface area contributed by atoms with Crippen LogP contribution in [0.1, 0.15) is 43.9 Å². The maximum atomic E-state index is 12.1. The molecule has 0 radical (unpaired) electrons. The SMILES string of the molecule is CCC(C)CNC(=O)C1CCc2nc(C)[nH]c2C1. The number of carbonyl (C=O) groups is 1. The van der Waals surface area contributed by atoms with E-state index in [0.717, 1.165) is 49.4 Å². The van der Waals surface area contributed by atoms with Crippen molar-refractivity contribution < 1.29 is 4.79 Å². The minimum atomic E-state index is 0.112. The van der Waals surface area contributed by atoms with Gasteiger partial charge in [-0.05, 0) is 25.7 Å². The topological polar surface area (TPSA) is 57.8 Å². The number of aromatic amines is 1. The summed E-state index contributed by atoms with van der Waals surface area (Å²) in [5.74, 6) is 1.83. The fourth-order valence-electron chi connectivity index (χ4n) is 2.41. The molecule has 2 atom stereocenters. The molecule has 1 aliphatic carbocycles. The fourth-order valence-corrected chi connectivity index (χ4v) is 2.41. The number of carbonyl (C=O) groups excluding carboxylic acids is 1. The number of fused-ring (bicyclic) bond motifs is 1. The monoisotopic (exact) mass is 249 g/mol. The largest absolute Gasteiger partial charge is 0.356 e. The summed E-state index contributed by atoms with van der Waals surface area (Å²) in [6.07, 6.45) is 3.75. The van der Waals surface area contributed by atoms with Crippen LogP contribution in [0.15, 0.2) is 0 Å². The molecular weight excluding hydrogens is 226 g/mol. The smallest absolute Gasteiger partial charge is 0.223 e. The maximum Gasteiger partial charge on any atom is 0.223 e. The summed E-state index contributed by atoms with van der Waals surface area (Å²) in [7, 11) is 0. The van der Waals surface area contributed by atoms with E-state index in [1.54, 1.807) is 0 Å². The second-order valence-corrected chi connectivity index (χ2v) is 5.45. The Kier molecular flexibility index (Phi) is 4.04. The molecular formula is C14H23N3O. The van der Waals surface area contributed by atoms with Crippen LogP contribution >= 0.6 is 0 Å². The normalized spacial score (nSPS) is 20.3. The minimum Gasteiger partial charge on any atom is -0.356 e. The van der Waals surface area contributed by atoms with Crippen LogP contribution in [0.2, 0.25) is 0 Å². The van der Waals surface area contributed by atoms with E-state index in [0.29, 0.717) is 5.92 Å². The Morgan fingerprint density at radius 2 is 2.39 bits per heavy atom. The number of hydrogen-bond acceptors (Lipinski definition) is 2. The van der Waals surface area contributed by atoms with Crippen LogP contribution < -0.4 is 5.32 Å². The van der Waals surface area contributed by atoms with Crippen molar-refractivity contribution in [2.45, 2.75) is 46.5 Å². The Bertz CT molecular complexity index is 425. The molecule has 1 heterocycles. The summed E-state index contributed by atoms with van der Waals surface area (Å²) in [5.41, 5.74) is 2.31. The van der Waals surface area contributed by atoms with Gasteiger partial charge in [0.25, 0.3) is 0 Å². The van der Waals surface area contributed by atoms with E-state index in [1.807, 2.05) is 6.92 Å². The number of aryl methyl sites for hydroxylation is 2. The summed E-state index contributed by atoms with van der Waals surface area (Å²) in [6, 6.07) is 0. The van der Waals surface area contributed by atoms with Crippen LogP contribution in [0.5, 0.6) is 0 Å². The molecule has 2 unspecified atom stereocenters.